The number of hydrogen-bond donors (Lipinski definition) is 1. The summed E-state index contributed by atoms with van der Waals surface area (Å²) in [6.45, 7) is 2.34. The average molecular weight is 215 g/mol. The smallest absolute Gasteiger partial charge is 0.0409 e. The summed E-state index contributed by atoms with van der Waals surface area (Å²) in [7, 11) is 0. The molecule has 1 fully saturated rings. The molecule has 0 saturated heterocycles. The van der Waals surface area contributed by atoms with Crippen molar-refractivity contribution in [3.8, 4) is 0 Å². The summed E-state index contributed by atoms with van der Waals surface area (Å²) >= 11 is 0. The number of fused-ring (bicyclic) bond motifs is 1. The number of aryl methyl sites for hydroxylation is 1. The van der Waals surface area contributed by atoms with Gasteiger partial charge in [-0.25, -0.2) is 0 Å². The molecule has 1 atom stereocenters. The molecule has 0 spiro atoms. The molecule has 2 aliphatic rings. The Kier molecular flexibility index (Phi) is 2.32. The van der Waals surface area contributed by atoms with E-state index in [1.807, 2.05) is 0 Å². The summed E-state index contributed by atoms with van der Waals surface area (Å²) in [5, 5.41) is 0. The minimum atomic E-state index is -0.0165. The lowest BCUT2D eigenvalue weighted by molar-refractivity contribution is 0.461. The molecule has 1 unspecified atom stereocenters. The van der Waals surface area contributed by atoms with Crippen molar-refractivity contribution in [3.63, 3.8) is 0 Å². The van der Waals surface area contributed by atoms with Crippen LogP contribution in [0.25, 0.3) is 0 Å². The van der Waals surface area contributed by atoms with Gasteiger partial charge in [-0.3, -0.25) is 0 Å². The maximum atomic E-state index is 6.52. The van der Waals surface area contributed by atoms with Crippen LogP contribution in [0.4, 0.5) is 0 Å². The predicted octanol–water partition coefficient (Wildman–Crippen LogP) is 3.46. The van der Waals surface area contributed by atoms with Crippen LogP contribution in [0.1, 0.15) is 61.6 Å². The summed E-state index contributed by atoms with van der Waals surface area (Å²) in [5.41, 5.74) is 11.0. The van der Waals surface area contributed by atoms with E-state index in [0.29, 0.717) is 0 Å². The first-order chi connectivity index (χ1) is 7.69. The van der Waals surface area contributed by atoms with E-state index in [1.54, 1.807) is 11.1 Å². The Balaban J connectivity index is 2.00. The zero-order chi connectivity index (χ0) is 11.2. The largest absolute Gasteiger partial charge is 0.321 e. The summed E-state index contributed by atoms with van der Waals surface area (Å²) in [4.78, 5) is 0. The van der Waals surface area contributed by atoms with Gasteiger partial charge in [-0.05, 0) is 48.3 Å². The van der Waals surface area contributed by atoms with E-state index in [-0.39, 0.29) is 5.54 Å². The fourth-order valence-electron chi connectivity index (χ4n) is 3.41. The van der Waals surface area contributed by atoms with Crippen molar-refractivity contribution in [2.24, 2.45) is 5.73 Å². The highest BCUT2D eigenvalue weighted by Gasteiger charge is 2.32. The molecule has 1 nitrogen and oxygen atoms in total. The highest BCUT2D eigenvalue weighted by molar-refractivity contribution is 5.40. The standard InChI is InChI=1S/C15H21N/c1-11-4-5-12-6-7-13(10-14(11)12)15(16)8-2-3-9-15/h6-7,10-11H,2-5,8-9,16H2,1H3. The molecule has 1 heteroatoms. The summed E-state index contributed by atoms with van der Waals surface area (Å²) in [5.74, 6) is 0.736. The van der Waals surface area contributed by atoms with E-state index < -0.39 is 0 Å². The topological polar surface area (TPSA) is 26.0 Å². The van der Waals surface area contributed by atoms with E-state index in [9.17, 15) is 0 Å². The van der Waals surface area contributed by atoms with Gasteiger partial charge in [0.1, 0.15) is 0 Å². The van der Waals surface area contributed by atoms with Crippen LogP contribution < -0.4 is 5.73 Å². The van der Waals surface area contributed by atoms with Crippen LogP contribution in [-0.4, -0.2) is 0 Å². The zero-order valence-electron chi connectivity index (χ0n) is 10.1. The van der Waals surface area contributed by atoms with Crippen LogP contribution in [0.3, 0.4) is 0 Å². The van der Waals surface area contributed by atoms with Gasteiger partial charge in [0.05, 0.1) is 0 Å². The molecular weight excluding hydrogens is 194 g/mol. The van der Waals surface area contributed by atoms with Gasteiger partial charge >= 0.3 is 0 Å². The second-order valence-electron chi connectivity index (χ2n) is 5.72. The van der Waals surface area contributed by atoms with E-state index in [2.05, 4.69) is 25.1 Å². The second-order valence-corrected chi connectivity index (χ2v) is 5.72. The number of rotatable bonds is 1. The van der Waals surface area contributed by atoms with Crippen molar-refractivity contribution in [2.45, 2.75) is 56.9 Å². The molecule has 1 aromatic rings. The Bertz CT molecular complexity index is 402. The summed E-state index contributed by atoms with van der Waals surface area (Å²) in [6.07, 6.45) is 7.50. The third kappa shape index (κ3) is 1.49. The lowest BCUT2D eigenvalue weighted by Gasteiger charge is -2.25. The quantitative estimate of drug-likeness (QED) is 0.762. The highest BCUT2D eigenvalue weighted by atomic mass is 14.8. The Morgan fingerprint density at radius 3 is 2.75 bits per heavy atom. The lowest BCUT2D eigenvalue weighted by atomic mass is 9.86. The van der Waals surface area contributed by atoms with Crippen LogP contribution in [0.5, 0.6) is 0 Å². The molecule has 2 aliphatic carbocycles. The maximum absolute atomic E-state index is 6.52. The first kappa shape index (κ1) is 10.3. The van der Waals surface area contributed by atoms with Gasteiger partial charge in [0.25, 0.3) is 0 Å². The number of hydrogen-bond acceptors (Lipinski definition) is 1. The monoisotopic (exact) mass is 215 g/mol. The molecule has 1 aromatic carbocycles. The Labute approximate surface area is 98.0 Å². The van der Waals surface area contributed by atoms with Crippen molar-refractivity contribution in [3.05, 3.63) is 34.9 Å². The Morgan fingerprint density at radius 2 is 2.00 bits per heavy atom. The van der Waals surface area contributed by atoms with Crippen LogP contribution in [-0.2, 0) is 12.0 Å². The van der Waals surface area contributed by atoms with Crippen molar-refractivity contribution < 1.29 is 0 Å². The van der Waals surface area contributed by atoms with Crippen molar-refractivity contribution in [1.29, 1.82) is 0 Å². The average Bonchev–Trinajstić information content (AvgIpc) is 2.87. The maximum Gasteiger partial charge on any atom is 0.0409 e. The third-order valence-electron chi connectivity index (χ3n) is 4.59. The van der Waals surface area contributed by atoms with Gasteiger partial charge in [-0.1, -0.05) is 38.0 Å². The molecule has 2 N–H and O–H groups in total. The summed E-state index contributed by atoms with van der Waals surface area (Å²) < 4.78 is 0. The molecule has 0 amide bonds. The third-order valence-corrected chi connectivity index (χ3v) is 4.59. The SMILES string of the molecule is CC1CCc2ccc(C3(N)CCCC3)cc21. The first-order valence-corrected chi connectivity index (χ1v) is 6.61. The van der Waals surface area contributed by atoms with E-state index in [1.165, 1.54) is 44.1 Å². The number of nitrogens with two attached hydrogens (primary N) is 1. The van der Waals surface area contributed by atoms with Crippen LogP contribution in [0.15, 0.2) is 18.2 Å². The van der Waals surface area contributed by atoms with Gasteiger partial charge in [0.15, 0.2) is 0 Å². The highest BCUT2D eigenvalue weighted by Crippen LogP contribution is 2.40. The second kappa shape index (κ2) is 3.59. The van der Waals surface area contributed by atoms with Gasteiger partial charge in [0, 0.05) is 5.54 Å². The minimum absolute atomic E-state index is 0.0165. The van der Waals surface area contributed by atoms with Gasteiger partial charge in [-0.2, -0.15) is 0 Å². The Morgan fingerprint density at radius 1 is 1.25 bits per heavy atom. The first-order valence-electron chi connectivity index (χ1n) is 6.61. The van der Waals surface area contributed by atoms with E-state index in [0.717, 1.165) is 5.92 Å². The molecule has 0 radical (unpaired) electrons. The zero-order valence-corrected chi connectivity index (χ0v) is 10.1. The minimum Gasteiger partial charge on any atom is -0.321 e. The summed E-state index contributed by atoms with van der Waals surface area (Å²) in [6, 6.07) is 7.00. The molecule has 1 saturated carbocycles. The molecule has 3 rings (SSSR count). The lowest BCUT2D eigenvalue weighted by Crippen LogP contribution is -2.33. The molecule has 0 bridgehead atoms. The molecule has 0 aromatic heterocycles. The molecule has 86 valence electrons. The van der Waals surface area contributed by atoms with Crippen molar-refractivity contribution >= 4 is 0 Å². The van der Waals surface area contributed by atoms with Crippen LogP contribution in [0.2, 0.25) is 0 Å². The van der Waals surface area contributed by atoms with E-state index in [4.69, 9.17) is 5.73 Å². The molecule has 0 aliphatic heterocycles. The van der Waals surface area contributed by atoms with Crippen molar-refractivity contribution in [1.82, 2.24) is 0 Å². The molecule has 16 heavy (non-hydrogen) atoms. The fraction of sp³-hybridized carbons (Fsp3) is 0.600. The van der Waals surface area contributed by atoms with Crippen LogP contribution in [0, 0.1) is 0 Å². The normalized spacial score (nSPS) is 27.0. The number of benzene rings is 1. The molecular formula is C15H21N. The predicted molar refractivity (Wildman–Crippen MR) is 67.5 cm³/mol. The van der Waals surface area contributed by atoms with Gasteiger partial charge in [-0.15, -0.1) is 0 Å². The Hall–Kier alpha value is -0.820. The van der Waals surface area contributed by atoms with E-state index >= 15 is 0 Å². The van der Waals surface area contributed by atoms with Crippen LogP contribution >= 0.6 is 0 Å². The van der Waals surface area contributed by atoms with Gasteiger partial charge < -0.3 is 5.73 Å². The fourth-order valence-corrected chi connectivity index (χ4v) is 3.41. The van der Waals surface area contributed by atoms with Crippen molar-refractivity contribution in [2.75, 3.05) is 0 Å². The van der Waals surface area contributed by atoms with Gasteiger partial charge in [0.2, 0.25) is 0 Å². The molecule has 0 heterocycles.